The van der Waals surface area contributed by atoms with Crippen LogP contribution in [0.1, 0.15) is 20.3 Å². The number of nitrogens with two attached hydrogens (primary N) is 1. The number of halogens is 2. The second-order valence-corrected chi connectivity index (χ2v) is 7.96. The molecule has 1 aliphatic heterocycles. The molecule has 0 radical (unpaired) electrons. The van der Waals surface area contributed by atoms with Gasteiger partial charge in [0.1, 0.15) is 0 Å². The van der Waals surface area contributed by atoms with Gasteiger partial charge in [0, 0.05) is 19.1 Å². The summed E-state index contributed by atoms with van der Waals surface area (Å²) in [4.78, 5) is -0.0629. The molecule has 126 valence electrons. The molecule has 0 amide bonds. The highest BCUT2D eigenvalue weighted by Crippen LogP contribution is 2.32. The summed E-state index contributed by atoms with van der Waals surface area (Å²) in [5.74, 6) is -0.665. The van der Waals surface area contributed by atoms with Crippen LogP contribution in [0, 0.1) is 11.2 Å². The lowest BCUT2D eigenvalue weighted by Crippen LogP contribution is -2.53. The Balaban J connectivity index is 0.00000242. The van der Waals surface area contributed by atoms with E-state index in [-0.39, 0.29) is 34.5 Å². The largest absolute Gasteiger partial charge is 0.494 e. The Labute approximate surface area is 137 Å². The van der Waals surface area contributed by atoms with Gasteiger partial charge in [-0.25, -0.2) is 12.8 Å². The lowest BCUT2D eigenvalue weighted by molar-refractivity contribution is 0.155. The predicted molar refractivity (Wildman–Crippen MR) is 85.3 cm³/mol. The molecular formula is C14H22ClFN2O3S. The fourth-order valence-corrected chi connectivity index (χ4v) is 4.13. The molecule has 22 heavy (non-hydrogen) atoms. The topological polar surface area (TPSA) is 72.6 Å². The average Bonchev–Trinajstić information content (AvgIpc) is 2.41. The first-order valence-electron chi connectivity index (χ1n) is 6.78. The van der Waals surface area contributed by atoms with Gasteiger partial charge in [-0.15, -0.1) is 12.4 Å². The van der Waals surface area contributed by atoms with Crippen molar-refractivity contribution in [1.29, 1.82) is 0 Å². The number of nitrogens with zero attached hydrogens (tertiary/aromatic N) is 1. The molecule has 0 aromatic heterocycles. The molecule has 0 saturated carbocycles. The minimum Gasteiger partial charge on any atom is -0.494 e. The van der Waals surface area contributed by atoms with Gasteiger partial charge in [-0.3, -0.25) is 0 Å². The number of hydrogen-bond donors (Lipinski definition) is 1. The van der Waals surface area contributed by atoms with E-state index in [0.717, 1.165) is 6.07 Å². The number of benzene rings is 1. The maximum absolute atomic E-state index is 13.7. The Morgan fingerprint density at radius 2 is 2.05 bits per heavy atom. The fourth-order valence-electron chi connectivity index (χ4n) is 2.49. The molecule has 0 bridgehead atoms. The van der Waals surface area contributed by atoms with Crippen molar-refractivity contribution in [3.8, 4) is 5.75 Å². The number of piperidine rings is 1. The van der Waals surface area contributed by atoms with Crippen LogP contribution in [-0.2, 0) is 10.0 Å². The first kappa shape index (κ1) is 19.2. The van der Waals surface area contributed by atoms with E-state index in [9.17, 15) is 12.8 Å². The molecule has 1 aliphatic rings. The zero-order valence-corrected chi connectivity index (χ0v) is 14.5. The minimum absolute atomic E-state index is 0. The Kier molecular flexibility index (Phi) is 5.83. The highest BCUT2D eigenvalue weighted by atomic mass is 35.5. The van der Waals surface area contributed by atoms with Crippen molar-refractivity contribution < 1.29 is 17.5 Å². The van der Waals surface area contributed by atoms with E-state index in [1.807, 2.05) is 13.8 Å². The second kappa shape index (κ2) is 6.70. The van der Waals surface area contributed by atoms with Gasteiger partial charge in [-0.1, -0.05) is 13.8 Å². The molecule has 0 aliphatic carbocycles. The van der Waals surface area contributed by atoms with Crippen LogP contribution < -0.4 is 10.5 Å². The van der Waals surface area contributed by atoms with E-state index < -0.39 is 15.8 Å². The van der Waals surface area contributed by atoms with Crippen molar-refractivity contribution in [3.05, 3.63) is 24.0 Å². The van der Waals surface area contributed by atoms with Gasteiger partial charge >= 0.3 is 0 Å². The van der Waals surface area contributed by atoms with Crippen LogP contribution in [0.25, 0.3) is 0 Å². The summed E-state index contributed by atoms with van der Waals surface area (Å²) in [6.45, 7) is 4.55. The standard InChI is InChI=1S/C14H21FN2O3S.ClH/c1-14(2)9-17(7-6-13(14)16)21(18,19)10-4-5-12(20-3)11(15)8-10;/h4-5,8,13H,6-7,9,16H2,1-3H3;1H. The Morgan fingerprint density at radius 1 is 1.41 bits per heavy atom. The smallest absolute Gasteiger partial charge is 0.243 e. The van der Waals surface area contributed by atoms with Crippen molar-refractivity contribution >= 4 is 22.4 Å². The Bertz CT molecular complexity index is 637. The van der Waals surface area contributed by atoms with Gasteiger partial charge < -0.3 is 10.5 Å². The van der Waals surface area contributed by atoms with Crippen molar-refractivity contribution in [2.24, 2.45) is 11.1 Å². The highest BCUT2D eigenvalue weighted by Gasteiger charge is 2.38. The SMILES string of the molecule is COc1ccc(S(=O)(=O)N2CCC(N)C(C)(C)C2)cc1F.Cl. The van der Waals surface area contributed by atoms with Gasteiger partial charge in [0.15, 0.2) is 11.6 Å². The molecule has 8 heteroatoms. The van der Waals surface area contributed by atoms with Gasteiger partial charge in [-0.05, 0) is 30.0 Å². The van der Waals surface area contributed by atoms with Crippen molar-refractivity contribution in [3.63, 3.8) is 0 Å². The number of hydrogen-bond acceptors (Lipinski definition) is 4. The summed E-state index contributed by atoms with van der Waals surface area (Å²) in [6.07, 6.45) is 0.588. The summed E-state index contributed by atoms with van der Waals surface area (Å²) < 4.78 is 45.1. The number of ether oxygens (including phenoxy) is 1. The molecule has 1 unspecified atom stereocenters. The van der Waals surface area contributed by atoms with Crippen LogP contribution in [0.4, 0.5) is 4.39 Å². The van der Waals surface area contributed by atoms with Crippen molar-refractivity contribution in [1.82, 2.24) is 4.31 Å². The summed E-state index contributed by atoms with van der Waals surface area (Å²) in [6, 6.07) is 3.63. The zero-order chi connectivity index (χ0) is 15.8. The maximum atomic E-state index is 13.7. The zero-order valence-electron chi connectivity index (χ0n) is 12.9. The highest BCUT2D eigenvalue weighted by molar-refractivity contribution is 7.89. The van der Waals surface area contributed by atoms with Crippen molar-refractivity contribution in [2.75, 3.05) is 20.2 Å². The van der Waals surface area contributed by atoms with Crippen LogP contribution in [0.15, 0.2) is 23.1 Å². The Morgan fingerprint density at radius 3 is 2.55 bits per heavy atom. The third-order valence-corrected chi connectivity index (χ3v) is 5.88. The number of rotatable bonds is 3. The number of methoxy groups -OCH3 is 1. The van der Waals surface area contributed by atoms with Crippen molar-refractivity contribution in [2.45, 2.75) is 31.2 Å². The second-order valence-electron chi connectivity index (χ2n) is 6.02. The normalized spacial score (nSPS) is 22.0. The minimum atomic E-state index is -3.72. The molecule has 0 spiro atoms. The van der Waals surface area contributed by atoms with E-state index >= 15 is 0 Å². The summed E-state index contributed by atoms with van der Waals surface area (Å²) in [5.41, 5.74) is 5.71. The average molecular weight is 353 g/mol. The molecule has 1 aromatic carbocycles. The maximum Gasteiger partial charge on any atom is 0.243 e. The summed E-state index contributed by atoms with van der Waals surface area (Å²) >= 11 is 0. The fraction of sp³-hybridized carbons (Fsp3) is 0.571. The molecule has 2 rings (SSSR count). The van der Waals surface area contributed by atoms with E-state index in [4.69, 9.17) is 10.5 Å². The molecule has 5 nitrogen and oxygen atoms in total. The van der Waals surface area contributed by atoms with Gasteiger partial charge in [-0.2, -0.15) is 4.31 Å². The first-order valence-corrected chi connectivity index (χ1v) is 8.22. The first-order chi connectivity index (χ1) is 9.68. The van der Waals surface area contributed by atoms with E-state index in [1.54, 1.807) is 0 Å². The van der Waals surface area contributed by atoms with Crippen LogP contribution in [0.5, 0.6) is 5.75 Å². The lowest BCUT2D eigenvalue weighted by Gasteiger charge is -2.41. The van der Waals surface area contributed by atoms with E-state index in [0.29, 0.717) is 19.5 Å². The molecule has 2 N–H and O–H groups in total. The van der Waals surface area contributed by atoms with Gasteiger partial charge in [0.25, 0.3) is 0 Å². The van der Waals surface area contributed by atoms with E-state index in [1.165, 1.54) is 23.5 Å². The third kappa shape index (κ3) is 3.53. The van der Waals surface area contributed by atoms with Gasteiger partial charge in [0.05, 0.1) is 12.0 Å². The third-order valence-electron chi connectivity index (χ3n) is 4.04. The Hall–Kier alpha value is -0.890. The van der Waals surface area contributed by atoms with E-state index in [2.05, 4.69) is 0 Å². The van der Waals surface area contributed by atoms with Crippen LogP contribution in [0.2, 0.25) is 0 Å². The quantitative estimate of drug-likeness (QED) is 0.903. The summed E-state index contributed by atoms with van der Waals surface area (Å²) in [5, 5.41) is 0. The van der Waals surface area contributed by atoms with Crippen LogP contribution in [-0.4, -0.2) is 39.0 Å². The predicted octanol–water partition coefficient (Wildman–Crippen LogP) is 2.00. The van der Waals surface area contributed by atoms with Crippen LogP contribution >= 0.6 is 12.4 Å². The lowest BCUT2D eigenvalue weighted by atomic mass is 9.81. The molecular weight excluding hydrogens is 331 g/mol. The monoisotopic (exact) mass is 352 g/mol. The van der Waals surface area contributed by atoms with Crippen LogP contribution in [0.3, 0.4) is 0 Å². The molecule has 1 fully saturated rings. The molecule has 1 heterocycles. The number of sulfonamides is 1. The van der Waals surface area contributed by atoms with Gasteiger partial charge in [0.2, 0.25) is 10.0 Å². The summed E-state index contributed by atoms with van der Waals surface area (Å²) in [7, 11) is -2.39. The molecule has 1 aromatic rings. The molecule has 1 atom stereocenters. The molecule has 1 saturated heterocycles.